The summed E-state index contributed by atoms with van der Waals surface area (Å²) in [5.41, 5.74) is 6.77. The maximum atomic E-state index is 13.1. The molecule has 1 amide bonds. The van der Waals surface area contributed by atoms with Crippen LogP contribution in [0.25, 0.3) is 0 Å². The first-order valence-corrected chi connectivity index (χ1v) is 8.58. The lowest BCUT2D eigenvalue weighted by molar-refractivity contribution is -0.125. The van der Waals surface area contributed by atoms with Gasteiger partial charge < -0.3 is 11.1 Å². The Balaban J connectivity index is 1.75. The second-order valence-corrected chi connectivity index (χ2v) is 6.64. The van der Waals surface area contributed by atoms with Crippen molar-refractivity contribution in [3.63, 3.8) is 0 Å². The number of amides is 1. The molecule has 134 valence electrons. The van der Waals surface area contributed by atoms with Gasteiger partial charge in [0.2, 0.25) is 5.91 Å². The standard InChI is InChI=1S/C17H23FN6O/c1-11-21-22-23-24(11)16(10-12-2-4-13(18)5-3-12)17(25)20-15-8-6-14(19)7-9-15/h2-5,14-16H,6-10,19H2,1H3,(H,20,25). The highest BCUT2D eigenvalue weighted by Crippen LogP contribution is 2.20. The van der Waals surface area contributed by atoms with Gasteiger partial charge in [-0.25, -0.2) is 9.07 Å². The monoisotopic (exact) mass is 346 g/mol. The molecule has 25 heavy (non-hydrogen) atoms. The molecule has 1 aromatic carbocycles. The van der Waals surface area contributed by atoms with E-state index in [4.69, 9.17) is 5.73 Å². The minimum absolute atomic E-state index is 0.125. The number of carbonyl (C=O) groups excluding carboxylic acids is 1. The summed E-state index contributed by atoms with van der Waals surface area (Å²) in [6, 6.07) is 5.91. The van der Waals surface area contributed by atoms with Crippen LogP contribution in [0.15, 0.2) is 24.3 Å². The largest absolute Gasteiger partial charge is 0.351 e. The van der Waals surface area contributed by atoms with E-state index in [1.165, 1.54) is 16.8 Å². The summed E-state index contributed by atoms with van der Waals surface area (Å²) in [7, 11) is 0. The van der Waals surface area contributed by atoms with Crippen molar-refractivity contribution >= 4 is 5.91 Å². The fraction of sp³-hybridized carbons (Fsp3) is 0.529. The number of carbonyl (C=O) groups is 1. The van der Waals surface area contributed by atoms with Crippen molar-refractivity contribution in [2.45, 2.75) is 57.2 Å². The summed E-state index contributed by atoms with van der Waals surface area (Å²) in [5.74, 6) is 0.134. The number of aryl methyl sites for hydroxylation is 1. The van der Waals surface area contributed by atoms with Gasteiger partial charge in [-0.1, -0.05) is 12.1 Å². The summed E-state index contributed by atoms with van der Waals surface area (Å²) in [5, 5.41) is 14.6. The Labute approximate surface area is 145 Å². The highest BCUT2D eigenvalue weighted by molar-refractivity contribution is 5.80. The number of nitrogens with one attached hydrogen (secondary N) is 1. The third-order valence-electron chi connectivity index (χ3n) is 4.72. The molecule has 1 heterocycles. The molecular weight excluding hydrogens is 323 g/mol. The lowest BCUT2D eigenvalue weighted by atomic mass is 9.91. The van der Waals surface area contributed by atoms with E-state index in [0.717, 1.165) is 31.2 Å². The van der Waals surface area contributed by atoms with Crippen LogP contribution in [0.4, 0.5) is 4.39 Å². The fourth-order valence-corrected chi connectivity index (χ4v) is 3.22. The third kappa shape index (κ3) is 4.39. The zero-order valence-corrected chi connectivity index (χ0v) is 14.2. The average molecular weight is 346 g/mol. The molecule has 7 nitrogen and oxygen atoms in total. The number of aromatic nitrogens is 4. The van der Waals surface area contributed by atoms with Gasteiger partial charge in [-0.2, -0.15) is 0 Å². The van der Waals surface area contributed by atoms with Crippen LogP contribution in [0.1, 0.15) is 43.1 Å². The van der Waals surface area contributed by atoms with E-state index in [1.54, 1.807) is 19.1 Å². The van der Waals surface area contributed by atoms with Gasteiger partial charge in [0.05, 0.1) is 0 Å². The smallest absolute Gasteiger partial charge is 0.245 e. The molecular formula is C17H23FN6O. The van der Waals surface area contributed by atoms with Crippen molar-refractivity contribution in [2.24, 2.45) is 5.73 Å². The number of benzene rings is 1. The molecule has 8 heteroatoms. The van der Waals surface area contributed by atoms with E-state index >= 15 is 0 Å². The van der Waals surface area contributed by atoms with Crippen molar-refractivity contribution in [2.75, 3.05) is 0 Å². The molecule has 1 unspecified atom stereocenters. The van der Waals surface area contributed by atoms with Crippen LogP contribution in [0.2, 0.25) is 0 Å². The summed E-state index contributed by atoms with van der Waals surface area (Å²) < 4.78 is 14.7. The molecule has 3 rings (SSSR count). The lowest BCUT2D eigenvalue weighted by Gasteiger charge is -2.28. The van der Waals surface area contributed by atoms with Crippen LogP contribution in [-0.2, 0) is 11.2 Å². The summed E-state index contributed by atoms with van der Waals surface area (Å²) in [6.07, 6.45) is 3.98. The topological polar surface area (TPSA) is 98.7 Å². The van der Waals surface area contributed by atoms with E-state index in [-0.39, 0.29) is 23.8 Å². The molecule has 3 N–H and O–H groups in total. The highest BCUT2D eigenvalue weighted by atomic mass is 19.1. The maximum absolute atomic E-state index is 13.1. The van der Waals surface area contributed by atoms with Gasteiger partial charge in [-0.15, -0.1) is 5.10 Å². The molecule has 0 radical (unpaired) electrons. The lowest BCUT2D eigenvalue weighted by Crippen LogP contribution is -2.44. The summed E-state index contributed by atoms with van der Waals surface area (Å²) in [6.45, 7) is 1.75. The SMILES string of the molecule is Cc1nnnn1C(Cc1ccc(F)cc1)C(=O)NC1CCC(N)CC1. The van der Waals surface area contributed by atoms with E-state index in [0.29, 0.717) is 12.2 Å². The van der Waals surface area contributed by atoms with Crippen LogP contribution in [0, 0.1) is 12.7 Å². The number of tetrazole rings is 1. The maximum Gasteiger partial charge on any atom is 0.245 e. The van der Waals surface area contributed by atoms with Gasteiger partial charge in [-0.05, 0) is 60.7 Å². The van der Waals surface area contributed by atoms with Crippen LogP contribution in [-0.4, -0.2) is 38.2 Å². The zero-order valence-electron chi connectivity index (χ0n) is 14.2. The first-order valence-electron chi connectivity index (χ1n) is 8.58. The van der Waals surface area contributed by atoms with Crippen LogP contribution >= 0.6 is 0 Å². The zero-order chi connectivity index (χ0) is 17.8. The summed E-state index contributed by atoms with van der Waals surface area (Å²) >= 11 is 0. The second-order valence-electron chi connectivity index (χ2n) is 6.64. The van der Waals surface area contributed by atoms with Crippen molar-refractivity contribution in [1.82, 2.24) is 25.5 Å². The Kier molecular flexibility index (Phi) is 5.37. The van der Waals surface area contributed by atoms with Gasteiger partial charge in [0.15, 0.2) is 0 Å². The average Bonchev–Trinajstić information content (AvgIpc) is 3.02. The fourth-order valence-electron chi connectivity index (χ4n) is 3.22. The minimum atomic E-state index is -0.573. The van der Waals surface area contributed by atoms with Gasteiger partial charge in [-0.3, -0.25) is 4.79 Å². The number of halogens is 1. The highest BCUT2D eigenvalue weighted by Gasteiger charge is 2.27. The van der Waals surface area contributed by atoms with Crippen molar-refractivity contribution < 1.29 is 9.18 Å². The molecule has 1 aliphatic rings. The summed E-state index contributed by atoms with van der Waals surface area (Å²) in [4.78, 5) is 12.9. The molecule has 0 bridgehead atoms. The van der Waals surface area contributed by atoms with Gasteiger partial charge in [0, 0.05) is 18.5 Å². The van der Waals surface area contributed by atoms with Crippen molar-refractivity contribution in [1.29, 1.82) is 0 Å². The van der Waals surface area contributed by atoms with Crippen molar-refractivity contribution in [3.8, 4) is 0 Å². The first-order chi connectivity index (χ1) is 12.0. The van der Waals surface area contributed by atoms with E-state index in [1.807, 2.05) is 0 Å². The first kappa shape index (κ1) is 17.5. The van der Waals surface area contributed by atoms with Crippen LogP contribution < -0.4 is 11.1 Å². The Hall–Kier alpha value is -2.35. The van der Waals surface area contributed by atoms with Gasteiger partial charge in [0.1, 0.15) is 17.7 Å². The Morgan fingerprint density at radius 2 is 2.00 bits per heavy atom. The molecule has 1 aliphatic carbocycles. The van der Waals surface area contributed by atoms with Gasteiger partial charge >= 0.3 is 0 Å². The van der Waals surface area contributed by atoms with E-state index < -0.39 is 6.04 Å². The molecule has 1 atom stereocenters. The Morgan fingerprint density at radius 3 is 2.60 bits per heavy atom. The number of hydrogen-bond donors (Lipinski definition) is 2. The molecule has 0 saturated heterocycles. The predicted molar refractivity (Wildman–Crippen MR) is 90.1 cm³/mol. The molecule has 1 fully saturated rings. The Bertz CT molecular complexity index is 708. The van der Waals surface area contributed by atoms with Gasteiger partial charge in [0.25, 0.3) is 0 Å². The van der Waals surface area contributed by atoms with E-state index in [9.17, 15) is 9.18 Å². The molecule has 1 aromatic heterocycles. The van der Waals surface area contributed by atoms with Crippen molar-refractivity contribution in [3.05, 3.63) is 41.5 Å². The number of rotatable bonds is 5. The molecule has 0 aliphatic heterocycles. The normalized spacial score (nSPS) is 21.7. The molecule has 1 saturated carbocycles. The minimum Gasteiger partial charge on any atom is -0.351 e. The predicted octanol–water partition coefficient (Wildman–Crippen LogP) is 1.29. The molecule has 0 spiro atoms. The quantitative estimate of drug-likeness (QED) is 0.850. The second kappa shape index (κ2) is 7.69. The molecule has 2 aromatic rings. The number of nitrogens with two attached hydrogens (primary N) is 1. The van der Waals surface area contributed by atoms with Crippen LogP contribution in [0.5, 0.6) is 0 Å². The third-order valence-corrected chi connectivity index (χ3v) is 4.72. The number of nitrogens with zero attached hydrogens (tertiary/aromatic N) is 4. The van der Waals surface area contributed by atoms with Crippen LogP contribution in [0.3, 0.4) is 0 Å². The van der Waals surface area contributed by atoms with E-state index in [2.05, 4.69) is 20.8 Å². The Morgan fingerprint density at radius 1 is 1.32 bits per heavy atom. The number of hydrogen-bond acceptors (Lipinski definition) is 5.